The maximum Gasteiger partial charge on any atom is 0.263 e. The van der Waals surface area contributed by atoms with Gasteiger partial charge in [-0.25, -0.2) is 15.0 Å². The highest BCUT2D eigenvalue weighted by molar-refractivity contribution is 7.99. The van der Waals surface area contributed by atoms with Crippen molar-refractivity contribution < 1.29 is 4.74 Å². The Kier molecular flexibility index (Phi) is 6.41. The smallest absolute Gasteiger partial charge is 0.263 e. The second kappa shape index (κ2) is 9.84. The summed E-state index contributed by atoms with van der Waals surface area (Å²) in [5.41, 5.74) is 1.81. The largest absolute Gasteiger partial charge is 0.381 e. The third-order valence-corrected chi connectivity index (χ3v) is 8.74. The molecule has 1 spiro atoms. The first-order valence-corrected chi connectivity index (χ1v) is 13.3. The van der Waals surface area contributed by atoms with Crippen LogP contribution in [0.1, 0.15) is 24.8 Å². The van der Waals surface area contributed by atoms with Crippen LogP contribution >= 0.6 is 23.4 Å². The van der Waals surface area contributed by atoms with Crippen LogP contribution in [0.15, 0.2) is 75.9 Å². The lowest BCUT2D eigenvalue weighted by Gasteiger charge is -2.38. The summed E-state index contributed by atoms with van der Waals surface area (Å²) in [6.07, 6.45) is 8.62. The number of hydrogen-bond acceptors (Lipinski definition) is 7. The highest BCUT2D eigenvalue weighted by Crippen LogP contribution is 2.40. The number of fused-ring (bicyclic) bond motifs is 1. The minimum atomic E-state index is -0.159. The molecule has 2 saturated heterocycles. The highest BCUT2D eigenvalue weighted by atomic mass is 35.5. The second-order valence-electron chi connectivity index (χ2n) is 9.54. The molecule has 0 radical (unpaired) electrons. The van der Waals surface area contributed by atoms with Crippen molar-refractivity contribution in [2.75, 3.05) is 31.2 Å². The Hall–Kier alpha value is -2.94. The monoisotopic (exact) mass is 519 g/mol. The summed E-state index contributed by atoms with van der Waals surface area (Å²) in [5.74, 6) is 0.894. The number of benzene rings is 2. The third-order valence-electron chi connectivity index (χ3n) is 7.25. The first-order chi connectivity index (χ1) is 17.6. The predicted octanol–water partition coefficient (Wildman–Crippen LogP) is 5.05. The molecule has 36 heavy (non-hydrogen) atoms. The van der Waals surface area contributed by atoms with Crippen LogP contribution in [-0.2, 0) is 11.3 Å². The Morgan fingerprint density at radius 2 is 1.83 bits per heavy atom. The summed E-state index contributed by atoms with van der Waals surface area (Å²) in [6, 6.07) is 13.5. The molecule has 0 aliphatic carbocycles. The molecule has 0 unspecified atom stereocenters. The van der Waals surface area contributed by atoms with E-state index in [1.165, 1.54) is 18.2 Å². The molecule has 7 nitrogen and oxygen atoms in total. The molecule has 2 aromatic carbocycles. The lowest BCUT2D eigenvalue weighted by Crippen LogP contribution is -2.40. The Bertz CT molecular complexity index is 1430. The van der Waals surface area contributed by atoms with Gasteiger partial charge < -0.3 is 9.64 Å². The van der Waals surface area contributed by atoms with Crippen molar-refractivity contribution in [1.82, 2.24) is 19.5 Å². The zero-order valence-corrected chi connectivity index (χ0v) is 21.3. The average Bonchev–Trinajstić information content (AvgIpc) is 3.36. The Balaban J connectivity index is 1.20. The minimum absolute atomic E-state index is 0.159. The molecule has 2 fully saturated rings. The van der Waals surface area contributed by atoms with Gasteiger partial charge in [-0.05, 0) is 42.4 Å². The van der Waals surface area contributed by atoms with Gasteiger partial charge in [0.2, 0.25) is 0 Å². The zero-order chi connectivity index (χ0) is 24.5. The van der Waals surface area contributed by atoms with E-state index in [4.69, 9.17) is 16.3 Å². The molecule has 9 heteroatoms. The van der Waals surface area contributed by atoms with Gasteiger partial charge in [0.25, 0.3) is 5.56 Å². The Morgan fingerprint density at radius 1 is 1.00 bits per heavy atom. The molecule has 184 valence electrons. The fourth-order valence-electron chi connectivity index (χ4n) is 5.05. The number of anilines is 1. The molecule has 0 saturated carbocycles. The molecular formula is C27H26ClN5O2S. The van der Waals surface area contributed by atoms with Crippen LogP contribution in [-0.4, -0.2) is 45.8 Å². The summed E-state index contributed by atoms with van der Waals surface area (Å²) in [6.45, 7) is 4.17. The van der Waals surface area contributed by atoms with Gasteiger partial charge in [-0.15, -0.1) is 0 Å². The van der Waals surface area contributed by atoms with Crippen LogP contribution in [0.2, 0.25) is 5.02 Å². The number of hydrogen-bond donors (Lipinski definition) is 0. The summed E-state index contributed by atoms with van der Waals surface area (Å²) in [4.78, 5) is 30.1. The SMILES string of the molecule is O=c1c2c(Cl)c(Sc3cnc(N4CCC5(CCOC5)CC4)cn3)ccc2ncn1Cc1ccccc1. The van der Waals surface area contributed by atoms with Gasteiger partial charge in [0.1, 0.15) is 10.8 Å². The van der Waals surface area contributed by atoms with Gasteiger partial charge in [0.15, 0.2) is 0 Å². The molecular weight excluding hydrogens is 494 g/mol. The molecule has 4 heterocycles. The van der Waals surface area contributed by atoms with E-state index in [-0.39, 0.29) is 5.56 Å². The molecule has 4 aromatic rings. The van der Waals surface area contributed by atoms with Gasteiger partial charge in [-0.2, -0.15) is 0 Å². The maximum atomic E-state index is 13.3. The summed E-state index contributed by atoms with van der Waals surface area (Å²) >= 11 is 8.14. The van der Waals surface area contributed by atoms with Crippen molar-refractivity contribution in [2.45, 2.75) is 35.7 Å². The van der Waals surface area contributed by atoms with E-state index in [9.17, 15) is 4.79 Å². The second-order valence-corrected chi connectivity index (χ2v) is 11.0. The van der Waals surface area contributed by atoms with E-state index in [0.717, 1.165) is 60.4 Å². The number of rotatable bonds is 5. The number of piperidine rings is 1. The van der Waals surface area contributed by atoms with Crippen LogP contribution < -0.4 is 10.5 Å². The van der Waals surface area contributed by atoms with Crippen molar-refractivity contribution >= 4 is 40.1 Å². The normalized spacial score (nSPS) is 17.2. The van der Waals surface area contributed by atoms with Crippen LogP contribution in [0.3, 0.4) is 0 Å². The van der Waals surface area contributed by atoms with E-state index in [1.54, 1.807) is 17.1 Å². The van der Waals surface area contributed by atoms with Crippen LogP contribution in [0.25, 0.3) is 10.9 Å². The lowest BCUT2D eigenvalue weighted by molar-refractivity contribution is 0.133. The highest BCUT2D eigenvalue weighted by Gasteiger charge is 2.38. The zero-order valence-electron chi connectivity index (χ0n) is 19.8. The molecule has 0 bridgehead atoms. The lowest BCUT2D eigenvalue weighted by atomic mass is 9.78. The molecule has 2 aliphatic heterocycles. The summed E-state index contributed by atoms with van der Waals surface area (Å²) < 4.78 is 7.23. The number of aromatic nitrogens is 4. The molecule has 0 atom stereocenters. The number of ether oxygens (including phenoxy) is 1. The standard InChI is InChI=1S/C27H26ClN5O2S/c28-25-21(7-6-20-24(25)26(34)33(18-31-20)16-19-4-2-1-3-5-19)36-23-15-29-22(14-30-23)32-11-8-27(9-12-32)10-13-35-17-27/h1-7,14-15,18H,8-13,16-17H2. The molecule has 0 amide bonds. The van der Waals surface area contributed by atoms with E-state index < -0.39 is 0 Å². The topological polar surface area (TPSA) is 73.1 Å². The van der Waals surface area contributed by atoms with Gasteiger partial charge in [-0.1, -0.05) is 53.7 Å². The van der Waals surface area contributed by atoms with E-state index in [2.05, 4.69) is 19.9 Å². The Morgan fingerprint density at radius 3 is 2.56 bits per heavy atom. The van der Waals surface area contributed by atoms with E-state index >= 15 is 0 Å². The predicted molar refractivity (Wildman–Crippen MR) is 142 cm³/mol. The van der Waals surface area contributed by atoms with E-state index in [0.29, 0.717) is 27.9 Å². The van der Waals surface area contributed by atoms with Crippen LogP contribution in [0.4, 0.5) is 5.82 Å². The van der Waals surface area contributed by atoms with Gasteiger partial charge >= 0.3 is 0 Å². The summed E-state index contributed by atoms with van der Waals surface area (Å²) in [7, 11) is 0. The van der Waals surface area contributed by atoms with Crippen molar-refractivity contribution in [3.8, 4) is 0 Å². The third kappa shape index (κ3) is 4.61. The number of halogens is 1. The van der Waals surface area contributed by atoms with Crippen molar-refractivity contribution in [2.24, 2.45) is 5.41 Å². The van der Waals surface area contributed by atoms with E-state index in [1.807, 2.05) is 48.7 Å². The van der Waals surface area contributed by atoms with Gasteiger partial charge in [0.05, 0.1) is 47.8 Å². The van der Waals surface area contributed by atoms with Crippen molar-refractivity contribution in [1.29, 1.82) is 0 Å². The fraction of sp³-hybridized carbons (Fsp3) is 0.333. The number of nitrogens with zero attached hydrogens (tertiary/aromatic N) is 5. The average molecular weight is 520 g/mol. The molecule has 0 N–H and O–H groups in total. The fourth-order valence-corrected chi connectivity index (χ4v) is 6.17. The maximum absolute atomic E-state index is 13.3. The quantitative estimate of drug-likeness (QED) is 0.365. The van der Waals surface area contributed by atoms with Gasteiger partial charge in [0, 0.05) is 24.6 Å². The minimum Gasteiger partial charge on any atom is -0.381 e. The van der Waals surface area contributed by atoms with Gasteiger partial charge in [-0.3, -0.25) is 9.36 Å². The molecule has 2 aliphatic rings. The van der Waals surface area contributed by atoms with Crippen molar-refractivity contribution in [3.05, 3.63) is 82.1 Å². The van der Waals surface area contributed by atoms with Crippen molar-refractivity contribution in [3.63, 3.8) is 0 Å². The molecule has 6 rings (SSSR count). The van der Waals surface area contributed by atoms with Crippen LogP contribution in [0.5, 0.6) is 0 Å². The Labute approximate surface area is 218 Å². The molecule has 2 aromatic heterocycles. The summed E-state index contributed by atoms with van der Waals surface area (Å²) in [5, 5.41) is 1.54. The van der Waals surface area contributed by atoms with Crippen LogP contribution in [0, 0.1) is 5.41 Å². The first kappa shape index (κ1) is 23.5. The first-order valence-electron chi connectivity index (χ1n) is 12.1.